The van der Waals surface area contributed by atoms with Crippen LogP contribution in [0.25, 0.3) is 5.82 Å². The van der Waals surface area contributed by atoms with Crippen molar-refractivity contribution in [3.63, 3.8) is 0 Å². The number of nitrogen functional groups attached to an aromatic ring is 1. The van der Waals surface area contributed by atoms with Gasteiger partial charge >= 0.3 is 6.18 Å². The van der Waals surface area contributed by atoms with Crippen molar-refractivity contribution >= 4 is 5.69 Å². The van der Waals surface area contributed by atoms with Crippen LogP contribution in [0.2, 0.25) is 0 Å². The Labute approximate surface area is 99.5 Å². The van der Waals surface area contributed by atoms with Crippen molar-refractivity contribution in [2.24, 2.45) is 0 Å². The Morgan fingerprint density at radius 2 is 1.89 bits per heavy atom. The monoisotopic (exact) mass is 255 g/mol. The molecule has 0 saturated carbocycles. The van der Waals surface area contributed by atoms with Gasteiger partial charge in [0.2, 0.25) is 0 Å². The maximum Gasteiger partial charge on any atom is 0.433 e. The number of alkyl halides is 3. The van der Waals surface area contributed by atoms with Crippen LogP contribution >= 0.6 is 0 Å². The van der Waals surface area contributed by atoms with E-state index >= 15 is 0 Å². The van der Waals surface area contributed by atoms with E-state index in [1.165, 1.54) is 30.5 Å². The lowest BCUT2D eigenvalue weighted by molar-refractivity contribution is -0.141. The predicted molar refractivity (Wildman–Crippen MR) is 59.2 cm³/mol. The lowest BCUT2D eigenvalue weighted by Crippen LogP contribution is -2.22. The summed E-state index contributed by atoms with van der Waals surface area (Å²) >= 11 is 0. The molecule has 2 rings (SSSR count). The van der Waals surface area contributed by atoms with Crippen LogP contribution < -0.4 is 11.3 Å². The van der Waals surface area contributed by atoms with E-state index in [4.69, 9.17) is 5.73 Å². The molecule has 4 nitrogen and oxygen atoms in total. The first kappa shape index (κ1) is 12.2. The van der Waals surface area contributed by atoms with Crippen LogP contribution in [0.1, 0.15) is 5.69 Å². The van der Waals surface area contributed by atoms with Gasteiger partial charge in [-0.1, -0.05) is 6.07 Å². The zero-order chi connectivity index (χ0) is 13.3. The molecule has 7 heteroatoms. The van der Waals surface area contributed by atoms with E-state index in [-0.39, 0.29) is 11.5 Å². The fourth-order valence-electron chi connectivity index (χ4n) is 1.41. The first-order valence-electron chi connectivity index (χ1n) is 4.91. The summed E-state index contributed by atoms with van der Waals surface area (Å²) in [4.78, 5) is 15.0. The Morgan fingerprint density at radius 1 is 1.17 bits per heavy atom. The molecule has 0 aliphatic rings. The van der Waals surface area contributed by atoms with Gasteiger partial charge in [-0.15, -0.1) is 0 Å². The molecule has 94 valence electrons. The average molecular weight is 255 g/mol. The number of halogens is 3. The number of nitrogens with two attached hydrogens (primary N) is 1. The Hall–Kier alpha value is -2.31. The quantitative estimate of drug-likeness (QED) is 0.845. The standard InChI is InChI=1S/C11H8F3N3O/c12-11(13,14)8-4-1-5-9(16-8)17-6-2-3-7(15)10(17)18/h1-6H,15H2. The van der Waals surface area contributed by atoms with Gasteiger partial charge in [0.05, 0.1) is 5.69 Å². The second kappa shape index (κ2) is 4.17. The summed E-state index contributed by atoms with van der Waals surface area (Å²) in [6.07, 6.45) is -3.25. The summed E-state index contributed by atoms with van der Waals surface area (Å²) in [6.45, 7) is 0. The fourth-order valence-corrected chi connectivity index (χ4v) is 1.41. The van der Waals surface area contributed by atoms with E-state index < -0.39 is 17.4 Å². The number of hydrogen-bond donors (Lipinski definition) is 1. The van der Waals surface area contributed by atoms with Gasteiger partial charge < -0.3 is 5.73 Å². The summed E-state index contributed by atoms with van der Waals surface area (Å²) in [7, 11) is 0. The van der Waals surface area contributed by atoms with Crippen LogP contribution in [-0.2, 0) is 6.18 Å². The maximum absolute atomic E-state index is 12.5. The SMILES string of the molecule is Nc1cccn(-c2cccc(C(F)(F)F)n2)c1=O. The number of rotatable bonds is 1. The van der Waals surface area contributed by atoms with E-state index in [1.54, 1.807) is 0 Å². The molecule has 2 N–H and O–H groups in total. The number of pyridine rings is 2. The molecule has 18 heavy (non-hydrogen) atoms. The molecule has 0 bridgehead atoms. The lowest BCUT2D eigenvalue weighted by Gasteiger charge is -2.09. The van der Waals surface area contributed by atoms with E-state index in [1.807, 2.05) is 0 Å². The third-order valence-corrected chi connectivity index (χ3v) is 2.25. The Kier molecular flexibility index (Phi) is 2.82. The number of nitrogens with zero attached hydrogens (tertiary/aromatic N) is 2. The van der Waals surface area contributed by atoms with Crippen molar-refractivity contribution in [2.75, 3.05) is 5.73 Å². The summed E-state index contributed by atoms with van der Waals surface area (Å²) in [6, 6.07) is 6.14. The molecule has 0 aliphatic carbocycles. The minimum atomic E-state index is -4.56. The van der Waals surface area contributed by atoms with Crippen molar-refractivity contribution in [2.45, 2.75) is 6.18 Å². The molecule has 0 spiro atoms. The van der Waals surface area contributed by atoms with Crippen molar-refractivity contribution in [1.82, 2.24) is 9.55 Å². The molecule has 0 unspecified atom stereocenters. The minimum absolute atomic E-state index is 0.0586. The van der Waals surface area contributed by atoms with Crippen molar-refractivity contribution in [3.05, 3.63) is 52.6 Å². The molecule has 2 heterocycles. The average Bonchev–Trinajstić information content (AvgIpc) is 2.32. The van der Waals surface area contributed by atoms with Gasteiger partial charge in [0.25, 0.3) is 5.56 Å². The Morgan fingerprint density at radius 3 is 2.56 bits per heavy atom. The highest BCUT2D eigenvalue weighted by atomic mass is 19.4. The van der Waals surface area contributed by atoms with Gasteiger partial charge in [-0.05, 0) is 24.3 Å². The summed E-state index contributed by atoms with van der Waals surface area (Å²) in [5.41, 5.74) is 3.67. The molecule has 2 aromatic rings. The third kappa shape index (κ3) is 2.20. The van der Waals surface area contributed by atoms with E-state index in [9.17, 15) is 18.0 Å². The second-order valence-electron chi connectivity index (χ2n) is 3.52. The zero-order valence-electron chi connectivity index (χ0n) is 8.98. The van der Waals surface area contributed by atoms with Gasteiger partial charge in [0.15, 0.2) is 0 Å². The predicted octanol–water partition coefficient (Wildman–Crippen LogP) is 1.83. The topological polar surface area (TPSA) is 60.9 Å². The number of aromatic nitrogens is 2. The molecule has 0 atom stereocenters. The molecule has 0 aliphatic heterocycles. The Balaban J connectivity index is 2.59. The number of hydrogen-bond acceptors (Lipinski definition) is 3. The van der Waals surface area contributed by atoms with Crippen LogP contribution in [0.15, 0.2) is 41.3 Å². The van der Waals surface area contributed by atoms with Gasteiger partial charge in [0, 0.05) is 6.20 Å². The van der Waals surface area contributed by atoms with Crippen LogP contribution in [-0.4, -0.2) is 9.55 Å². The van der Waals surface area contributed by atoms with Crippen LogP contribution in [0.3, 0.4) is 0 Å². The first-order valence-corrected chi connectivity index (χ1v) is 4.91. The van der Waals surface area contributed by atoms with Crippen molar-refractivity contribution in [1.29, 1.82) is 0 Å². The lowest BCUT2D eigenvalue weighted by atomic mass is 10.3. The fraction of sp³-hybridized carbons (Fsp3) is 0.0909. The summed E-state index contributed by atoms with van der Waals surface area (Å²) in [5, 5.41) is 0. The van der Waals surface area contributed by atoms with E-state index in [2.05, 4.69) is 4.98 Å². The van der Waals surface area contributed by atoms with Gasteiger partial charge in [0.1, 0.15) is 11.5 Å². The van der Waals surface area contributed by atoms with Crippen LogP contribution in [0.5, 0.6) is 0 Å². The normalized spacial score (nSPS) is 11.5. The summed E-state index contributed by atoms with van der Waals surface area (Å²) in [5.74, 6) is -0.123. The smallest absolute Gasteiger partial charge is 0.394 e. The minimum Gasteiger partial charge on any atom is -0.394 e. The molecule has 2 aromatic heterocycles. The highest BCUT2D eigenvalue weighted by Crippen LogP contribution is 2.27. The van der Waals surface area contributed by atoms with Gasteiger partial charge in [-0.2, -0.15) is 13.2 Å². The number of anilines is 1. The second-order valence-corrected chi connectivity index (χ2v) is 3.52. The van der Waals surface area contributed by atoms with Gasteiger partial charge in [-0.25, -0.2) is 4.98 Å². The largest absolute Gasteiger partial charge is 0.433 e. The molecular weight excluding hydrogens is 247 g/mol. The molecule has 0 fully saturated rings. The van der Waals surface area contributed by atoms with Gasteiger partial charge in [-0.3, -0.25) is 9.36 Å². The highest BCUT2D eigenvalue weighted by Gasteiger charge is 2.32. The molecule has 0 aromatic carbocycles. The van der Waals surface area contributed by atoms with E-state index in [0.717, 1.165) is 10.6 Å². The highest BCUT2D eigenvalue weighted by molar-refractivity contribution is 5.37. The molecular formula is C11H8F3N3O. The Bertz CT molecular complexity index is 634. The summed E-state index contributed by atoms with van der Waals surface area (Å²) < 4.78 is 38.4. The van der Waals surface area contributed by atoms with Crippen LogP contribution in [0.4, 0.5) is 18.9 Å². The first-order chi connectivity index (χ1) is 8.39. The maximum atomic E-state index is 12.5. The molecule has 0 saturated heterocycles. The molecule has 0 amide bonds. The van der Waals surface area contributed by atoms with Crippen LogP contribution in [0, 0.1) is 0 Å². The van der Waals surface area contributed by atoms with E-state index in [0.29, 0.717) is 0 Å². The molecule has 0 radical (unpaired) electrons. The third-order valence-electron chi connectivity index (χ3n) is 2.25. The van der Waals surface area contributed by atoms with Crippen molar-refractivity contribution < 1.29 is 13.2 Å². The van der Waals surface area contributed by atoms with Crippen molar-refractivity contribution in [3.8, 4) is 5.82 Å². The zero-order valence-corrected chi connectivity index (χ0v) is 8.98.